The van der Waals surface area contributed by atoms with Gasteiger partial charge < -0.3 is 0 Å². The summed E-state index contributed by atoms with van der Waals surface area (Å²) in [7, 11) is 0. The lowest BCUT2D eigenvalue weighted by Crippen LogP contribution is -2.45. The maximum absolute atomic E-state index is 12.0. The molecule has 1 saturated heterocycles. The van der Waals surface area contributed by atoms with Crippen LogP contribution in [0.15, 0.2) is 0 Å². The number of rotatable bonds is 4. The van der Waals surface area contributed by atoms with Crippen LogP contribution in [0.4, 0.5) is 0 Å². The Balaban J connectivity index is 2.01. The summed E-state index contributed by atoms with van der Waals surface area (Å²) in [5.74, 6) is 2.72. The molecule has 92 valence electrons. The van der Waals surface area contributed by atoms with Gasteiger partial charge in [-0.1, -0.05) is 19.8 Å². The van der Waals surface area contributed by atoms with Gasteiger partial charge >= 0.3 is 0 Å². The van der Waals surface area contributed by atoms with E-state index in [0.717, 1.165) is 12.8 Å². The van der Waals surface area contributed by atoms with Gasteiger partial charge in [0.15, 0.2) is 0 Å². The smallest absolute Gasteiger partial charge is 0.247 e. The molecule has 1 N–H and O–H groups in total. The Morgan fingerprint density at radius 3 is 2.53 bits per heavy atom. The molecule has 2 unspecified atom stereocenters. The molecule has 0 spiro atoms. The molecular formula is C13H18N2O2. The van der Waals surface area contributed by atoms with Gasteiger partial charge in [-0.15, -0.1) is 6.42 Å². The van der Waals surface area contributed by atoms with E-state index >= 15 is 0 Å². The highest BCUT2D eigenvalue weighted by atomic mass is 16.2. The Morgan fingerprint density at radius 1 is 1.41 bits per heavy atom. The van der Waals surface area contributed by atoms with E-state index in [9.17, 15) is 9.59 Å². The van der Waals surface area contributed by atoms with Gasteiger partial charge in [0.05, 0.1) is 18.5 Å². The second kappa shape index (κ2) is 4.50. The van der Waals surface area contributed by atoms with Gasteiger partial charge in [0.25, 0.3) is 0 Å². The Kier molecular flexibility index (Phi) is 3.21. The number of imide groups is 1. The van der Waals surface area contributed by atoms with Gasteiger partial charge in [-0.25, -0.2) is 0 Å². The highest BCUT2D eigenvalue weighted by Crippen LogP contribution is 2.31. The lowest BCUT2D eigenvalue weighted by molar-refractivity contribution is -0.139. The van der Waals surface area contributed by atoms with Crippen molar-refractivity contribution < 1.29 is 9.59 Å². The van der Waals surface area contributed by atoms with Crippen LogP contribution in [0.25, 0.3) is 0 Å². The predicted octanol–water partition coefficient (Wildman–Crippen LogP) is 0.524. The number of carbonyl (C=O) groups is 2. The fraction of sp³-hybridized carbons (Fsp3) is 0.692. The minimum atomic E-state index is -0.424. The van der Waals surface area contributed by atoms with Crippen LogP contribution in [0.5, 0.6) is 0 Å². The van der Waals surface area contributed by atoms with Crippen LogP contribution in [0.2, 0.25) is 0 Å². The van der Waals surface area contributed by atoms with Crippen molar-refractivity contribution in [1.29, 1.82) is 0 Å². The van der Waals surface area contributed by atoms with Crippen molar-refractivity contribution in [2.24, 2.45) is 5.92 Å². The number of terminal acetylenes is 1. The highest BCUT2D eigenvalue weighted by molar-refractivity contribution is 6.06. The second-order valence-electron chi connectivity index (χ2n) is 5.14. The molecule has 1 aliphatic heterocycles. The summed E-state index contributed by atoms with van der Waals surface area (Å²) in [5.41, 5.74) is 0. The number of nitrogens with zero attached hydrogens (tertiary/aromatic N) is 1. The summed E-state index contributed by atoms with van der Waals surface area (Å²) in [4.78, 5) is 25.2. The number of nitrogens with one attached hydrogen (secondary N) is 1. The molecule has 2 amide bonds. The van der Waals surface area contributed by atoms with Crippen molar-refractivity contribution in [3.63, 3.8) is 0 Å². The minimum Gasteiger partial charge on any atom is -0.292 e. The summed E-state index contributed by atoms with van der Waals surface area (Å²) < 4.78 is 0. The quantitative estimate of drug-likeness (QED) is 0.570. The van der Waals surface area contributed by atoms with Gasteiger partial charge in [-0.3, -0.25) is 19.8 Å². The van der Waals surface area contributed by atoms with Gasteiger partial charge in [-0.05, 0) is 18.8 Å². The van der Waals surface area contributed by atoms with Crippen LogP contribution in [-0.2, 0) is 9.59 Å². The van der Waals surface area contributed by atoms with E-state index in [4.69, 9.17) is 6.42 Å². The lowest BCUT2D eigenvalue weighted by Gasteiger charge is -2.20. The summed E-state index contributed by atoms with van der Waals surface area (Å²) in [5, 5.41) is 3.11. The molecule has 2 atom stereocenters. The summed E-state index contributed by atoms with van der Waals surface area (Å²) in [6.07, 6.45) is 7.57. The highest BCUT2D eigenvalue weighted by Gasteiger charge is 2.46. The molecule has 0 aromatic heterocycles. The Bertz CT molecular complexity index is 379. The largest absolute Gasteiger partial charge is 0.292 e. The summed E-state index contributed by atoms with van der Waals surface area (Å²) in [6, 6.07) is -0.424. The second-order valence-corrected chi connectivity index (χ2v) is 5.14. The van der Waals surface area contributed by atoms with E-state index in [2.05, 4.69) is 11.2 Å². The molecule has 17 heavy (non-hydrogen) atoms. The number of hydrogen-bond donors (Lipinski definition) is 1. The Morgan fingerprint density at radius 2 is 2.06 bits per heavy atom. The van der Waals surface area contributed by atoms with Crippen LogP contribution < -0.4 is 5.32 Å². The molecular weight excluding hydrogens is 216 g/mol. The van der Waals surface area contributed by atoms with Crippen LogP contribution in [0.1, 0.15) is 33.1 Å². The Labute approximate surface area is 102 Å². The molecule has 1 aliphatic carbocycles. The first-order chi connectivity index (χ1) is 8.04. The molecule has 0 bridgehead atoms. The molecule has 2 rings (SSSR count). The molecule has 0 aromatic rings. The molecule has 2 aliphatic rings. The zero-order valence-electron chi connectivity index (χ0n) is 10.3. The first-order valence-electron chi connectivity index (χ1n) is 6.12. The van der Waals surface area contributed by atoms with Crippen LogP contribution in [-0.4, -0.2) is 34.8 Å². The molecule has 4 nitrogen and oxygen atoms in total. The molecule has 0 aromatic carbocycles. The lowest BCUT2D eigenvalue weighted by atomic mass is 10.0. The van der Waals surface area contributed by atoms with Gasteiger partial charge in [0.1, 0.15) is 0 Å². The third-order valence-electron chi connectivity index (χ3n) is 3.32. The van der Waals surface area contributed by atoms with Crippen LogP contribution in [0, 0.1) is 18.3 Å². The van der Waals surface area contributed by atoms with Gasteiger partial charge in [0, 0.05) is 6.04 Å². The number of carbonyl (C=O) groups excluding carboxylic acids is 2. The van der Waals surface area contributed by atoms with Crippen molar-refractivity contribution in [2.45, 2.75) is 51.2 Å². The van der Waals surface area contributed by atoms with Crippen LogP contribution >= 0.6 is 0 Å². The number of amides is 2. The first kappa shape index (κ1) is 12.1. The van der Waals surface area contributed by atoms with E-state index in [1.165, 1.54) is 4.90 Å². The van der Waals surface area contributed by atoms with Crippen molar-refractivity contribution in [3.05, 3.63) is 0 Å². The third-order valence-corrected chi connectivity index (χ3v) is 3.32. The summed E-state index contributed by atoms with van der Waals surface area (Å²) in [6.45, 7) is 3.99. The fourth-order valence-electron chi connectivity index (χ4n) is 2.15. The van der Waals surface area contributed by atoms with E-state index < -0.39 is 6.04 Å². The summed E-state index contributed by atoms with van der Waals surface area (Å²) >= 11 is 0. The third kappa shape index (κ3) is 2.34. The van der Waals surface area contributed by atoms with E-state index in [1.54, 1.807) is 0 Å². The van der Waals surface area contributed by atoms with Crippen molar-refractivity contribution in [3.8, 4) is 12.3 Å². The van der Waals surface area contributed by atoms with Gasteiger partial charge in [-0.2, -0.15) is 0 Å². The van der Waals surface area contributed by atoms with Crippen molar-refractivity contribution >= 4 is 11.8 Å². The maximum atomic E-state index is 12.0. The number of likely N-dealkylation sites (tertiary alicyclic amines) is 1. The van der Waals surface area contributed by atoms with E-state index in [-0.39, 0.29) is 36.2 Å². The first-order valence-corrected chi connectivity index (χ1v) is 6.12. The molecule has 0 radical (unpaired) electrons. The SMILES string of the molecule is C#CC(NC1CC(=O)N(C2CC2)C1=O)C(C)C. The van der Waals surface area contributed by atoms with Gasteiger partial charge in [0.2, 0.25) is 11.8 Å². The van der Waals surface area contributed by atoms with E-state index in [0.29, 0.717) is 0 Å². The fourth-order valence-corrected chi connectivity index (χ4v) is 2.15. The maximum Gasteiger partial charge on any atom is 0.247 e. The zero-order chi connectivity index (χ0) is 12.6. The monoisotopic (exact) mass is 234 g/mol. The van der Waals surface area contributed by atoms with Crippen LogP contribution in [0.3, 0.4) is 0 Å². The van der Waals surface area contributed by atoms with Crippen molar-refractivity contribution in [2.75, 3.05) is 0 Å². The molecule has 1 saturated carbocycles. The molecule has 2 fully saturated rings. The standard InChI is InChI=1S/C13H18N2O2/c1-4-10(8(2)3)14-11-7-12(16)15(13(11)17)9-5-6-9/h1,8-11,14H,5-7H2,2-3H3. The Hall–Kier alpha value is -1.34. The molecule has 1 heterocycles. The average Bonchev–Trinajstić information content (AvgIpc) is 3.04. The number of hydrogen-bond acceptors (Lipinski definition) is 3. The van der Waals surface area contributed by atoms with Crippen molar-refractivity contribution in [1.82, 2.24) is 10.2 Å². The molecule has 4 heteroatoms. The zero-order valence-corrected chi connectivity index (χ0v) is 10.3. The minimum absolute atomic E-state index is 0.0606. The normalized spacial score (nSPS) is 26.5. The van der Waals surface area contributed by atoms with E-state index in [1.807, 2.05) is 13.8 Å². The predicted molar refractivity (Wildman–Crippen MR) is 63.9 cm³/mol. The average molecular weight is 234 g/mol. The topological polar surface area (TPSA) is 49.4 Å².